The van der Waals surface area contributed by atoms with Crippen molar-refractivity contribution in [2.45, 2.75) is 38.3 Å². The van der Waals surface area contributed by atoms with Crippen LogP contribution in [0.3, 0.4) is 0 Å². The predicted molar refractivity (Wildman–Crippen MR) is 95.3 cm³/mol. The second-order valence-corrected chi connectivity index (χ2v) is 7.10. The summed E-state index contributed by atoms with van der Waals surface area (Å²) in [5, 5.41) is 12.8. The fourth-order valence-electron chi connectivity index (χ4n) is 3.80. The molecular weight excluding hydrogens is 300 g/mol. The molecule has 4 heteroatoms. The van der Waals surface area contributed by atoms with E-state index in [-0.39, 0.29) is 24.5 Å². The van der Waals surface area contributed by atoms with Gasteiger partial charge in [-0.25, -0.2) is 0 Å². The van der Waals surface area contributed by atoms with Crippen molar-refractivity contribution >= 4 is 5.91 Å². The number of amides is 1. The van der Waals surface area contributed by atoms with E-state index in [1.54, 1.807) is 0 Å². The number of nitrogens with one attached hydrogen (secondary N) is 1. The maximum absolute atomic E-state index is 12.3. The SMILES string of the molecule is O=C(CC1C=CCC1)NC1CN(Cc2ccccc2)CCC1CO. The van der Waals surface area contributed by atoms with Gasteiger partial charge in [0.25, 0.3) is 0 Å². The third-order valence-corrected chi connectivity index (χ3v) is 5.23. The van der Waals surface area contributed by atoms with Crippen molar-refractivity contribution in [2.24, 2.45) is 11.8 Å². The fraction of sp³-hybridized carbons (Fsp3) is 0.550. The van der Waals surface area contributed by atoms with Gasteiger partial charge in [0.05, 0.1) is 0 Å². The number of rotatable bonds is 6. The van der Waals surface area contributed by atoms with Gasteiger partial charge in [-0.1, -0.05) is 42.5 Å². The molecular formula is C20H28N2O2. The van der Waals surface area contributed by atoms with Crippen LogP contribution in [0.4, 0.5) is 0 Å². The number of nitrogens with zero attached hydrogens (tertiary/aromatic N) is 1. The quantitative estimate of drug-likeness (QED) is 0.788. The van der Waals surface area contributed by atoms with Crippen LogP contribution in [0.1, 0.15) is 31.2 Å². The Morgan fingerprint density at radius 2 is 2.08 bits per heavy atom. The molecule has 0 spiro atoms. The molecule has 0 saturated carbocycles. The van der Waals surface area contributed by atoms with Crippen molar-refractivity contribution in [3.05, 3.63) is 48.0 Å². The molecule has 4 nitrogen and oxygen atoms in total. The number of hydrogen-bond donors (Lipinski definition) is 2. The van der Waals surface area contributed by atoms with Gasteiger partial charge in [-0.15, -0.1) is 0 Å². The third-order valence-electron chi connectivity index (χ3n) is 5.23. The Labute approximate surface area is 144 Å². The molecule has 2 N–H and O–H groups in total. The van der Waals surface area contributed by atoms with Crippen molar-refractivity contribution in [2.75, 3.05) is 19.7 Å². The number of carbonyl (C=O) groups is 1. The van der Waals surface area contributed by atoms with Crippen LogP contribution in [-0.2, 0) is 11.3 Å². The summed E-state index contributed by atoms with van der Waals surface area (Å²) in [6.07, 6.45) is 8.00. The number of piperidine rings is 1. The van der Waals surface area contributed by atoms with Crippen molar-refractivity contribution in [3.63, 3.8) is 0 Å². The highest BCUT2D eigenvalue weighted by Gasteiger charge is 2.30. The lowest BCUT2D eigenvalue weighted by Gasteiger charge is -2.38. The first kappa shape index (κ1) is 17.2. The standard InChI is InChI=1S/C20H28N2O2/c23-15-18-10-11-22(13-17-8-2-1-3-9-17)14-19(18)21-20(24)12-16-6-4-5-7-16/h1-4,6,8-9,16,18-19,23H,5,7,10-15H2,(H,21,24). The van der Waals surface area contributed by atoms with E-state index in [0.29, 0.717) is 12.3 Å². The summed E-state index contributed by atoms with van der Waals surface area (Å²) in [4.78, 5) is 14.7. The van der Waals surface area contributed by atoms with Crippen LogP contribution < -0.4 is 5.32 Å². The molecule has 0 aromatic heterocycles. The van der Waals surface area contributed by atoms with E-state index >= 15 is 0 Å². The molecule has 130 valence electrons. The van der Waals surface area contributed by atoms with E-state index < -0.39 is 0 Å². The van der Waals surface area contributed by atoms with E-state index in [0.717, 1.165) is 38.9 Å². The smallest absolute Gasteiger partial charge is 0.220 e. The number of allylic oxidation sites excluding steroid dienone is 2. The Kier molecular flexibility index (Phi) is 6.05. The largest absolute Gasteiger partial charge is 0.396 e. The highest BCUT2D eigenvalue weighted by molar-refractivity contribution is 5.76. The van der Waals surface area contributed by atoms with Gasteiger partial charge in [0.1, 0.15) is 0 Å². The molecule has 3 unspecified atom stereocenters. The zero-order valence-corrected chi connectivity index (χ0v) is 14.2. The molecule has 1 fully saturated rings. The van der Waals surface area contributed by atoms with E-state index in [1.807, 2.05) is 6.07 Å². The van der Waals surface area contributed by atoms with Crippen LogP contribution in [-0.4, -0.2) is 41.7 Å². The summed E-state index contributed by atoms with van der Waals surface area (Å²) >= 11 is 0. The minimum atomic E-state index is 0.0466. The maximum atomic E-state index is 12.3. The summed E-state index contributed by atoms with van der Waals surface area (Å²) < 4.78 is 0. The Morgan fingerprint density at radius 3 is 2.79 bits per heavy atom. The number of aliphatic hydroxyl groups is 1. The minimum absolute atomic E-state index is 0.0466. The van der Waals surface area contributed by atoms with Crippen LogP contribution in [0.15, 0.2) is 42.5 Å². The zero-order valence-electron chi connectivity index (χ0n) is 14.2. The molecule has 1 aliphatic carbocycles. The third kappa shape index (κ3) is 4.68. The lowest BCUT2D eigenvalue weighted by molar-refractivity contribution is -0.123. The Hall–Kier alpha value is -1.65. The van der Waals surface area contributed by atoms with Crippen molar-refractivity contribution in [1.29, 1.82) is 0 Å². The van der Waals surface area contributed by atoms with Crippen LogP contribution in [0.2, 0.25) is 0 Å². The summed E-state index contributed by atoms with van der Waals surface area (Å²) in [5.74, 6) is 0.679. The summed E-state index contributed by atoms with van der Waals surface area (Å²) in [6, 6.07) is 10.5. The maximum Gasteiger partial charge on any atom is 0.220 e. The van der Waals surface area contributed by atoms with Crippen LogP contribution in [0.25, 0.3) is 0 Å². The van der Waals surface area contributed by atoms with Gasteiger partial charge in [0, 0.05) is 38.1 Å². The lowest BCUT2D eigenvalue weighted by Crippen LogP contribution is -2.53. The predicted octanol–water partition coefficient (Wildman–Crippen LogP) is 2.34. The first-order valence-electron chi connectivity index (χ1n) is 9.07. The second-order valence-electron chi connectivity index (χ2n) is 7.10. The monoisotopic (exact) mass is 328 g/mol. The molecule has 1 amide bonds. The zero-order chi connectivity index (χ0) is 16.8. The topological polar surface area (TPSA) is 52.6 Å². The van der Waals surface area contributed by atoms with Crippen molar-refractivity contribution < 1.29 is 9.90 Å². The molecule has 3 rings (SSSR count). The molecule has 0 bridgehead atoms. The van der Waals surface area contributed by atoms with E-state index in [9.17, 15) is 9.90 Å². The van der Waals surface area contributed by atoms with Gasteiger partial charge in [-0.05, 0) is 37.3 Å². The van der Waals surface area contributed by atoms with Gasteiger partial charge < -0.3 is 10.4 Å². The number of carbonyl (C=O) groups excluding carboxylic acids is 1. The molecule has 0 radical (unpaired) electrons. The van der Waals surface area contributed by atoms with Crippen molar-refractivity contribution in [3.8, 4) is 0 Å². The molecule has 1 aliphatic heterocycles. The molecule has 1 aromatic rings. The second kappa shape index (κ2) is 8.45. The van der Waals surface area contributed by atoms with Gasteiger partial charge in [0.2, 0.25) is 5.91 Å². The fourth-order valence-corrected chi connectivity index (χ4v) is 3.80. The van der Waals surface area contributed by atoms with Gasteiger partial charge in [-0.2, -0.15) is 0 Å². The van der Waals surface area contributed by atoms with E-state index in [2.05, 4.69) is 46.6 Å². The minimum Gasteiger partial charge on any atom is -0.396 e. The summed E-state index contributed by atoms with van der Waals surface area (Å²) in [5.41, 5.74) is 1.29. The summed E-state index contributed by atoms with van der Waals surface area (Å²) in [7, 11) is 0. The molecule has 1 saturated heterocycles. The Morgan fingerprint density at radius 1 is 1.25 bits per heavy atom. The van der Waals surface area contributed by atoms with Gasteiger partial charge in [-0.3, -0.25) is 9.69 Å². The van der Waals surface area contributed by atoms with Crippen LogP contribution in [0.5, 0.6) is 0 Å². The van der Waals surface area contributed by atoms with Gasteiger partial charge in [0.15, 0.2) is 0 Å². The number of aliphatic hydroxyl groups excluding tert-OH is 1. The van der Waals surface area contributed by atoms with Crippen molar-refractivity contribution in [1.82, 2.24) is 10.2 Å². The normalized spacial score (nSPS) is 27.3. The Balaban J connectivity index is 1.54. The highest BCUT2D eigenvalue weighted by Crippen LogP contribution is 2.22. The molecule has 1 aromatic carbocycles. The van der Waals surface area contributed by atoms with Crippen LogP contribution >= 0.6 is 0 Å². The first-order chi connectivity index (χ1) is 11.7. The average Bonchev–Trinajstić information content (AvgIpc) is 3.09. The number of hydrogen-bond acceptors (Lipinski definition) is 3. The van der Waals surface area contributed by atoms with Crippen LogP contribution in [0, 0.1) is 11.8 Å². The van der Waals surface area contributed by atoms with Gasteiger partial charge >= 0.3 is 0 Å². The number of likely N-dealkylation sites (tertiary alicyclic amines) is 1. The average molecular weight is 328 g/mol. The molecule has 3 atom stereocenters. The summed E-state index contributed by atoms with van der Waals surface area (Å²) in [6.45, 7) is 2.83. The molecule has 24 heavy (non-hydrogen) atoms. The Bertz CT molecular complexity index is 558. The highest BCUT2D eigenvalue weighted by atomic mass is 16.3. The van der Waals surface area contributed by atoms with E-state index in [4.69, 9.17) is 0 Å². The van der Waals surface area contributed by atoms with E-state index in [1.165, 1.54) is 5.56 Å². The first-order valence-corrected chi connectivity index (χ1v) is 9.07. The molecule has 2 aliphatic rings. The lowest BCUT2D eigenvalue weighted by atomic mass is 9.91. The number of benzene rings is 1. The molecule has 1 heterocycles.